The molecule has 0 saturated heterocycles. The van der Waals surface area contributed by atoms with E-state index >= 15 is 0 Å². The highest BCUT2D eigenvalue weighted by Gasteiger charge is 2.41. The zero-order chi connectivity index (χ0) is 33.8. The van der Waals surface area contributed by atoms with Crippen LogP contribution in [0.1, 0.15) is 0 Å². The molecule has 2 aromatic heterocycles. The van der Waals surface area contributed by atoms with E-state index in [2.05, 4.69) is 194 Å². The molecule has 0 saturated carbocycles. The highest BCUT2D eigenvalue weighted by atomic mass is 32.1. The molecule has 3 heteroatoms. The maximum atomic E-state index is 2.48. The normalized spacial score (nSPS) is 11.9. The Morgan fingerprint density at radius 1 is 0.255 bits per heavy atom. The zero-order valence-corrected chi connectivity index (χ0v) is 30.4. The molecule has 0 bridgehead atoms. The molecule has 0 aliphatic carbocycles. The second-order valence-electron chi connectivity index (χ2n) is 13.3. The molecule has 0 aliphatic heterocycles. The average Bonchev–Trinajstić information content (AvgIpc) is 3.77. The van der Waals surface area contributed by atoms with Gasteiger partial charge >= 0.3 is 0 Å². The van der Waals surface area contributed by atoms with Crippen molar-refractivity contribution in [3.05, 3.63) is 194 Å². The molecule has 51 heavy (non-hydrogen) atoms. The summed E-state index contributed by atoms with van der Waals surface area (Å²) in [5.41, 5.74) is 5.00. The molecule has 0 radical (unpaired) electrons. The van der Waals surface area contributed by atoms with Gasteiger partial charge in [-0.2, -0.15) is 0 Å². The van der Waals surface area contributed by atoms with Gasteiger partial charge in [0.05, 0.1) is 0 Å². The van der Waals surface area contributed by atoms with Crippen molar-refractivity contribution in [2.24, 2.45) is 0 Å². The third-order valence-electron chi connectivity index (χ3n) is 10.4. The second-order valence-corrected chi connectivity index (χ2v) is 19.2. The van der Waals surface area contributed by atoms with Gasteiger partial charge in [0.25, 0.3) is 0 Å². The summed E-state index contributed by atoms with van der Waals surface area (Å²) in [6.45, 7) is 0. The van der Waals surface area contributed by atoms with Gasteiger partial charge in [-0.05, 0) is 79.4 Å². The Kier molecular flexibility index (Phi) is 7.31. The van der Waals surface area contributed by atoms with Crippen LogP contribution in [0.4, 0.5) is 0 Å². The van der Waals surface area contributed by atoms with Gasteiger partial charge in [0.2, 0.25) is 0 Å². The van der Waals surface area contributed by atoms with E-state index in [9.17, 15) is 0 Å². The summed E-state index contributed by atoms with van der Waals surface area (Å²) in [7, 11) is -2.79. The van der Waals surface area contributed by atoms with Crippen LogP contribution in [0.3, 0.4) is 0 Å². The first-order chi connectivity index (χ1) is 25.3. The molecule has 2 heterocycles. The lowest BCUT2D eigenvalue weighted by atomic mass is 10.0. The molecule has 0 spiro atoms. The van der Waals surface area contributed by atoms with Gasteiger partial charge in [-0.15, -0.1) is 22.7 Å². The Labute approximate surface area is 306 Å². The summed E-state index contributed by atoms with van der Waals surface area (Å²) in [6, 6.07) is 72.9. The summed E-state index contributed by atoms with van der Waals surface area (Å²) in [6.07, 6.45) is 0. The van der Waals surface area contributed by atoms with Gasteiger partial charge in [-0.25, -0.2) is 0 Å². The van der Waals surface area contributed by atoms with E-state index in [-0.39, 0.29) is 0 Å². The monoisotopic (exact) mass is 700 g/mol. The van der Waals surface area contributed by atoms with Crippen molar-refractivity contribution < 1.29 is 0 Å². The van der Waals surface area contributed by atoms with E-state index in [1.165, 1.54) is 83.3 Å². The van der Waals surface area contributed by atoms with Gasteiger partial charge in [-0.3, -0.25) is 0 Å². The van der Waals surface area contributed by atoms with Crippen molar-refractivity contribution in [1.29, 1.82) is 0 Å². The Morgan fingerprint density at radius 2 is 0.627 bits per heavy atom. The van der Waals surface area contributed by atoms with Crippen LogP contribution in [0.2, 0.25) is 0 Å². The van der Waals surface area contributed by atoms with E-state index in [4.69, 9.17) is 0 Å². The van der Waals surface area contributed by atoms with E-state index in [1.54, 1.807) is 0 Å². The average molecular weight is 701 g/mol. The molecule has 0 nitrogen and oxygen atoms in total. The first-order valence-electron chi connectivity index (χ1n) is 17.4. The molecule has 0 amide bonds. The van der Waals surface area contributed by atoms with Crippen molar-refractivity contribution in [1.82, 2.24) is 0 Å². The first-order valence-corrected chi connectivity index (χ1v) is 21.0. The standard InChI is InChI=1S/C48H32S2Si/c1-3-15-37(16-4-1)51(38-17-5-2-6-18-38,39-19-11-13-33(29-39)35-25-27-47-43(31-35)41-21-7-9-23-45(41)49-47)40-20-12-14-34(30-40)36-26-28-48-44(32-36)42-22-8-10-24-46(42)50-48/h1-32H. The van der Waals surface area contributed by atoms with Crippen LogP contribution in [-0.2, 0) is 0 Å². The fourth-order valence-electron chi connectivity index (χ4n) is 8.05. The molecule has 0 N–H and O–H groups in total. The third-order valence-corrected chi connectivity index (χ3v) is 17.5. The lowest BCUT2D eigenvalue weighted by Crippen LogP contribution is -2.74. The lowest BCUT2D eigenvalue weighted by Gasteiger charge is -2.35. The number of rotatable bonds is 6. The highest BCUT2D eigenvalue weighted by Crippen LogP contribution is 2.37. The predicted molar refractivity (Wildman–Crippen MR) is 227 cm³/mol. The number of benzene rings is 8. The summed E-state index contributed by atoms with van der Waals surface area (Å²) in [5.74, 6) is 0. The van der Waals surface area contributed by atoms with E-state index < -0.39 is 8.07 Å². The zero-order valence-electron chi connectivity index (χ0n) is 27.8. The molecular formula is C48H32S2Si. The summed E-state index contributed by atoms with van der Waals surface area (Å²) >= 11 is 3.75. The summed E-state index contributed by atoms with van der Waals surface area (Å²) in [5, 5.41) is 10.8. The molecule has 240 valence electrons. The predicted octanol–water partition coefficient (Wildman–Crippen LogP) is 11.1. The van der Waals surface area contributed by atoms with Gasteiger partial charge in [0, 0.05) is 40.3 Å². The van der Waals surface area contributed by atoms with Crippen molar-refractivity contribution in [2.75, 3.05) is 0 Å². The van der Waals surface area contributed by atoms with Crippen LogP contribution in [0.25, 0.3) is 62.6 Å². The maximum absolute atomic E-state index is 2.79. The second kappa shape index (κ2) is 12.3. The van der Waals surface area contributed by atoms with Crippen molar-refractivity contribution in [2.45, 2.75) is 0 Å². The molecule has 10 rings (SSSR count). The third kappa shape index (κ3) is 5.00. The van der Waals surface area contributed by atoms with Crippen LogP contribution in [-0.4, -0.2) is 8.07 Å². The minimum Gasteiger partial charge on any atom is -0.135 e. The first kappa shape index (κ1) is 30.3. The summed E-state index contributed by atoms with van der Waals surface area (Å²) < 4.78 is 5.34. The van der Waals surface area contributed by atoms with Crippen LogP contribution < -0.4 is 20.7 Å². The van der Waals surface area contributed by atoms with E-state index in [0.29, 0.717) is 0 Å². The molecule has 8 aromatic carbocycles. The molecule has 0 aliphatic rings. The van der Waals surface area contributed by atoms with E-state index in [0.717, 1.165) is 0 Å². The van der Waals surface area contributed by atoms with Gasteiger partial charge < -0.3 is 0 Å². The SMILES string of the molecule is c1ccc([Si](c2ccccc2)(c2cccc(-c3ccc4sc5ccccc5c4c3)c2)c2cccc(-c3ccc4sc5ccccc5c4c3)c2)cc1. The Morgan fingerprint density at radius 3 is 1.10 bits per heavy atom. The number of hydrogen-bond donors (Lipinski definition) is 0. The highest BCUT2D eigenvalue weighted by molar-refractivity contribution is 7.26. The van der Waals surface area contributed by atoms with Crippen LogP contribution >= 0.6 is 22.7 Å². The van der Waals surface area contributed by atoms with Gasteiger partial charge in [0.1, 0.15) is 0 Å². The van der Waals surface area contributed by atoms with Gasteiger partial charge in [0.15, 0.2) is 8.07 Å². The van der Waals surface area contributed by atoms with E-state index in [1.807, 2.05) is 22.7 Å². The van der Waals surface area contributed by atoms with Crippen LogP contribution in [0.5, 0.6) is 0 Å². The maximum Gasteiger partial charge on any atom is 0.179 e. The number of hydrogen-bond acceptors (Lipinski definition) is 2. The topological polar surface area (TPSA) is 0 Å². The van der Waals surface area contributed by atoms with Crippen molar-refractivity contribution in [3.63, 3.8) is 0 Å². The van der Waals surface area contributed by atoms with Crippen molar-refractivity contribution >= 4 is 91.8 Å². The lowest BCUT2D eigenvalue weighted by molar-refractivity contribution is 1.63. The molecule has 10 aromatic rings. The Balaban J connectivity index is 1.20. The Hall–Kier alpha value is -5.58. The molecule has 0 fully saturated rings. The van der Waals surface area contributed by atoms with Crippen molar-refractivity contribution in [3.8, 4) is 22.3 Å². The van der Waals surface area contributed by atoms with Crippen LogP contribution in [0, 0.1) is 0 Å². The fraction of sp³-hybridized carbons (Fsp3) is 0. The minimum absolute atomic E-state index is 1.25. The fourth-order valence-corrected chi connectivity index (χ4v) is 15.0. The molecular weight excluding hydrogens is 669 g/mol. The molecule has 0 unspecified atom stereocenters. The minimum atomic E-state index is -2.79. The number of fused-ring (bicyclic) bond motifs is 6. The largest absolute Gasteiger partial charge is 0.179 e. The number of thiophene rings is 2. The molecule has 0 atom stereocenters. The van der Waals surface area contributed by atoms with Crippen LogP contribution in [0.15, 0.2) is 194 Å². The summed E-state index contributed by atoms with van der Waals surface area (Å²) in [4.78, 5) is 0. The quantitative estimate of drug-likeness (QED) is 0.120. The Bertz CT molecular complexity index is 2670. The smallest absolute Gasteiger partial charge is 0.135 e. The van der Waals surface area contributed by atoms with Gasteiger partial charge in [-0.1, -0.05) is 158 Å².